The molecule has 0 heterocycles. The summed E-state index contributed by atoms with van der Waals surface area (Å²) < 4.78 is 11.2. The Morgan fingerprint density at radius 3 is 2.42 bits per heavy atom. The molecule has 0 aliphatic heterocycles. The fraction of sp³-hybridized carbons (Fsp3) is 0.500. The number of benzene rings is 1. The molecule has 1 unspecified atom stereocenters. The van der Waals surface area contributed by atoms with E-state index in [9.17, 15) is 4.79 Å². The number of nitrogens with one attached hydrogen (secondary N) is 1. The molecular weight excluding hydrogens is 244 g/mol. The number of amides is 1. The molecule has 0 aliphatic carbocycles. The average Bonchev–Trinajstić information content (AvgIpc) is 2.41. The quantitative estimate of drug-likeness (QED) is 0.707. The average molecular weight is 266 g/mol. The molecule has 3 N–H and O–H groups in total. The van der Waals surface area contributed by atoms with Crippen LogP contribution < -0.4 is 20.5 Å². The van der Waals surface area contributed by atoms with Crippen molar-refractivity contribution in [1.82, 2.24) is 5.32 Å². The van der Waals surface area contributed by atoms with Crippen LogP contribution in [-0.4, -0.2) is 31.7 Å². The number of hydrogen-bond acceptors (Lipinski definition) is 4. The number of carbonyl (C=O) groups excluding carboxylic acids is 1. The highest BCUT2D eigenvalue weighted by Gasteiger charge is 2.15. The summed E-state index contributed by atoms with van der Waals surface area (Å²) in [6, 6.07) is 6.91. The van der Waals surface area contributed by atoms with E-state index in [2.05, 4.69) is 5.32 Å². The fourth-order valence-electron chi connectivity index (χ4n) is 1.56. The van der Waals surface area contributed by atoms with Gasteiger partial charge < -0.3 is 20.5 Å². The van der Waals surface area contributed by atoms with Crippen molar-refractivity contribution in [2.24, 2.45) is 5.73 Å². The van der Waals surface area contributed by atoms with Crippen LogP contribution in [0.3, 0.4) is 0 Å². The standard InChI is InChI=1S/C14H22N2O3/c1-3-9-18-12-7-5-6-8-13(12)19-10-11(14(15)17)16-4-2/h5-8,11,16H,3-4,9-10H2,1-2H3,(H2,15,17). The molecule has 0 spiro atoms. The Kier molecular flexibility index (Phi) is 6.74. The van der Waals surface area contributed by atoms with Gasteiger partial charge >= 0.3 is 0 Å². The monoisotopic (exact) mass is 266 g/mol. The summed E-state index contributed by atoms with van der Waals surface area (Å²) in [5.74, 6) is 0.887. The van der Waals surface area contributed by atoms with Gasteiger partial charge in [0, 0.05) is 0 Å². The van der Waals surface area contributed by atoms with Gasteiger partial charge in [-0.3, -0.25) is 4.79 Å². The first-order chi connectivity index (χ1) is 9.19. The van der Waals surface area contributed by atoms with E-state index in [0.717, 1.165) is 6.42 Å². The van der Waals surface area contributed by atoms with E-state index >= 15 is 0 Å². The predicted octanol–water partition coefficient (Wildman–Crippen LogP) is 1.32. The molecule has 0 radical (unpaired) electrons. The summed E-state index contributed by atoms with van der Waals surface area (Å²) in [6.07, 6.45) is 0.926. The van der Waals surface area contributed by atoms with Gasteiger partial charge in [0.2, 0.25) is 5.91 Å². The number of primary amides is 1. The van der Waals surface area contributed by atoms with Crippen LogP contribution in [0, 0.1) is 0 Å². The van der Waals surface area contributed by atoms with Crippen LogP contribution in [0.1, 0.15) is 20.3 Å². The third-order valence-electron chi connectivity index (χ3n) is 2.51. The minimum atomic E-state index is -0.496. The maximum atomic E-state index is 11.2. The van der Waals surface area contributed by atoms with Crippen LogP contribution >= 0.6 is 0 Å². The molecule has 1 amide bonds. The Bertz CT molecular complexity index is 396. The molecule has 5 nitrogen and oxygen atoms in total. The molecule has 0 bridgehead atoms. The molecule has 106 valence electrons. The van der Waals surface area contributed by atoms with Crippen molar-refractivity contribution in [2.75, 3.05) is 19.8 Å². The lowest BCUT2D eigenvalue weighted by Gasteiger charge is -2.17. The molecule has 1 aromatic rings. The van der Waals surface area contributed by atoms with Crippen molar-refractivity contribution in [3.05, 3.63) is 24.3 Å². The zero-order chi connectivity index (χ0) is 14.1. The minimum Gasteiger partial charge on any atom is -0.490 e. The minimum absolute atomic E-state index is 0.190. The summed E-state index contributed by atoms with van der Waals surface area (Å²) in [5.41, 5.74) is 5.29. The smallest absolute Gasteiger partial charge is 0.238 e. The van der Waals surface area contributed by atoms with Gasteiger partial charge in [0.25, 0.3) is 0 Å². The van der Waals surface area contributed by atoms with Crippen LogP contribution in [-0.2, 0) is 4.79 Å². The number of nitrogens with two attached hydrogens (primary N) is 1. The molecule has 0 fully saturated rings. The first-order valence-electron chi connectivity index (χ1n) is 6.56. The third kappa shape index (κ3) is 5.18. The first kappa shape index (κ1) is 15.3. The lowest BCUT2D eigenvalue weighted by atomic mass is 10.3. The second kappa shape index (κ2) is 8.37. The summed E-state index contributed by atoms with van der Waals surface area (Å²) in [6.45, 7) is 5.43. The van der Waals surface area contributed by atoms with Crippen molar-refractivity contribution in [3.63, 3.8) is 0 Å². The maximum absolute atomic E-state index is 11.2. The Labute approximate surface area is 114 Å². The van der Waals surface area contributed by atoms with Gasteiger partial charge in [-0.1, -0.05) is 26.0 Å². The highest BCUT2D eigenvalue weighted by Crippen LogP contribution is 2.26. The van der Waals surface area contributed by atoms with Gasteiger partial charge in [-0.05, 0) is 25.1 Å². The van der Waals surface area contributed by atoms with Crippen molar-refractivity contribution < 1.29 is 14.3 Å². The van der Waals surface area contributed by atoms with Crippen LogP contribution in [0.4, 0.5) is 0 Å². The van der Waals surface area contributed by atoms with E-state index in [1.807, 2.05) is 38.1 Å². The van der Waals surface area contributed by atoms with Gasteiger partial charge in [0.05, 0.1) is 6.61 Å². The van der Waals surface area contributed by atoms with E-state index in [-0.39, 0.29) is 6.61 Å². The topological polar surface area (TPSA) is 73.6 Å². The molecule has 1 atom stereocenters. The zero-order valence-electron chi connectivity index (χ0n) is 11.5. The molecule has 19 heavy (non-hydrogen) atoms. The van der Waals surface area contributed by atoms with Crippen molar-refractivity contribution >= 4 is 5.91 Å². The molecule has 0 saturated heterocycles. The van der Waals surface area contributed by atoms with Crippen molar-refractivity contribution in [2.45, 2.75) is 26.3 Å². The number of hydrogen-bond donors (Lipinski definition) is 2. The number of likely N-dealkylation sites (N-methyl/N-ethyl adjacent to an activating group) is 1. The molecule has 5 heteroatoms. The third-order valence-corrected chi connectivity index (χ3v) is 2.51. The molecule has 1 aromatic carbocycles. The molecular formula is C14H22N2O3. The summed E-state index contributed by atoms with van der Waals surface area (Å²) in [4.78, 5) is 11.2. The lowest BCUT2D eigenvalue weighted by Crippen LogP contribution is -2.45. The van der Waals surface area contributed by atoms with Crippen LogP contribution in [0.2, 0.25) is 0 Å². The molecule has 0 aliphatic rings. The number of carbonyl (C=O) groups is 1. The van der Waals surface area contributed by atoms with Gasteiger partial charge in [-0.2, -0.15) is 0 Å². The lowest BCUT2D eigenvalue weighted by molar-refractivity contribution is -0.120. The SMILES string of the molecule is CCCOc1ccccc1OCC(NCC)C(N)=O. The molecule has 1 rings (SSSR count). The summed E-state index contributed by atoms with van der Waals surface area (Å²) in [7, 11) is 0. The Morgan fingerprint density at radius 1 is 1.26 bits per heavy atom. The summed E-state index contributed by atoms with van der Waals surface area (Å²) >= 11 is 0. The number of rotatable bonds is 9. The second-order valence-electron chi connectivity index (χ2n) is 4.12. The van der Waals surface area contributed by atoms with E-state index in [4.69, 9.17) is 15.2 Å². The predicted molar refractivity (Wildman–Crippen MR) is 74.4 cm³/mol. The van der Waals surface area contributed by atoms with E-state index in [1.165, 1.54) is 0 Å². The highest BCUT2D eigenvalue weighted by atomic mass is 16.5. The zero-order valence-corrected chi connectivity index (χ0v) is 11.5. The van der Waals surface area contributed by atoms with Gasteiger partial charge in [0.15, 0.2) is 11.5 Å². The first-order valence-corrected chi connectivity index (χ1v) is 6.56. The van der Waals surface area contributed by atoms with Crippen molar-refractivity contribution in [1.29, 1.82) is 0 Å². The van der Waals surface area contributed by atoms with Gasteiger partial charge in [-0.15, -0.1) is 0 Å². The molecule has 0 saturated carbocycles. The van der Waals surface area contributed by atoms with Gasteiger partial charge in [-0.25, -0.2) is 0 Å². The van der Waals surface area contributed by atoms with Gasteiger partial charge in [0.1, 0.15) is 12.6 Å². The Balaban J connectivity index is 2.62. The van der Waals surface area contributed by atoms with Crippen LogP contribution in [0.5, 0.6) is 11.5 Å². The van der Waals surface area contributed by atoms with Crippen LogP contribution in [0.15, 0.2) is 24.3 Å². The number of ether oxygens (including phenoxy) is 2. The van der Waals surface area contributed by atoms with E-state index in [0.29, 0.717) is 24.7 Å². The number of para-hydroxylation sites is 2. The second-order valence-corrected chi connectivity index (χ2v) is 4.12. The Morgan fingerprint density at radius 2 is 1.89 bits per heavy atom. The Hall–Kier alpha value is -1.75. The van der Waals surface area contributed by atoms with E-state index in [1.54, 1.807) is 0 Å². The largest absolute Gasteiger partial charge is 0.490 e. The van der Waals surface area contributed by atoms with Crippen LogP contribution in [0.25, 0.3) is 0 Å². The fourth-order valence-corrected chi connectivity index (χ4v) is 1.56. The normalized spacial score (nSPS) is 11.9. The van der Waals surface area contributed by atoms with Crippen molar-refractivity contribution in [3.8, 4) is 11.5 Å². The molecule has 0 aromatic heterocycles. The highest BCUT2D eigenvalue weighted by molar-refractivity contribution is 5.80. The summed E-state index contributed by atoms with van der Waals surface area (Å²) in [5, 5.41) is 2.97. The van der Waals surface area contributed by atoms with E-state index < -0.39 is 11.9 Å². The maximum Gasteiger partial charge on any atom is 0.238 e.